The van der Waals surface area contributed by atoms with Crippen LogP contribution >= 0.6 is 15.9 Å². The molecule has 0 radical (unpaired) electrons. The lowest BCUT2D eigenvalue weighted by molar-refractivity contribution is 1.20. The first kappa shape index (κ1) is 8.96. The van der Waals surface area contributed by atoms with Crippen LogP contribution in [0.5, 0.6) is 0 Å². The third-order valence-electron chi connectivity index (χ3n) is 0.930. The van der Waals surface area contributed by atoms with Crippen molar-refractivity contribution < 1.29 is 0 Å². The predicted molar refractivity (Wildman–Crippen MR) is 47.0 cm³/mol. The molecule has 0 atom stereocenters. The maximum atomic E-state index is 3.31. The van der Waals surface area contributed by atoms with Crippen molar-refractivity contribution in [2.45, 2.75) is 19.8 Å². The largest absolute Gasteiger partial charge is 0.0885 e. The standard InChI is InChI=1S/C8H13Br/c1-2-3-4-5-6-7-8-9/h3-4,6-7H,2,5,8H2,1H3/b4-3-,7-6+. The molecule has 0 fully saturated rings. The van der Waals surface area contributed by atoms with E-state index in [1.54, 1.807) is 0 Å². The van der Waals surface area contributed by atoms with Crippen molar-refractivity contribution in [3.8, 4) is 0 Å². The quantitative estimate of drug-likeness (QED) is 0.470. The van der Waals surface area contributed by atoms with E-state index in [1.807, 2.05) is 0 Å². The lowest BCUT2D eigenvalue weighted by Gasteiger charge is -1.79. The molecule has 0 amide bonds. The van der Waals surface area contributed by atoms with Crippen LogP contribution < -0.4 is 0 Å². The molecule has 0 saturated carbocycles. The topological polar surface area (TPSA) is 0 Å². The summed E-state index contributed by atoms with van der Waals surface area (Å²) in [6, 6.07) is 0. The molecule has 0 rings (SSSR count). The summed E-state index contributed by atoms with van der Waals surface area (Å²) < 4.78 is 0. The maximum Gasteiger partial charge on any atom is 0.0212 e. The number of hydrogen-bond acceptors (Lipinski definition) is 0. The summed E-state index contributed by atoms with van der Waals surface area (Å²) >= 11 is 3.31. The Morgan fingerprint density at radius 2 is 1.78 bits per heavy atom. The first-order valence-electron chi connectivity index (χ1n) is 3.27. The second-order valence-electron chi connectivity index (χ2n) is 1.74. The van der Waals surface area contributed by atoms with Crippen molar-refractivity contribution >= 4 is 15.9 Å². The zero-order chi connectivity index (χ0) is 6.95. The van der Waals surface area contributed by atoms with Gasteiger partial charge in [0.25, 0.3) is 0 Å². The van der Waals surface area contributed by atoms with Crippen molar-refractivity contribution in [1.29, 1.82) is 0 Å². The maximum absolute atomic E-state index is 3.31. The zero-order valence-corrected chi connectivity index (χ0v) is 7.39. The molecule has 0 aromatic heterocycles. The van der Waals surface area contributed by atoms with Crippen molar-refractivity contribution in [2.24, 2.45) is 0 Å². The fourth-order valence-corrected chi connectivity index (χ4v) is 0.765. The molecular weight excluding hydrogens is 176 g/mol. The molecule has 0 aliphatic carbocycles. The van der Waals surface area contributed by atoms with E-state index in [0.717, 1.165) is 18.2 Å². The third-order valence-corrected chi connectivity index (χ3v) is 1.30. The van der Waals surface area contributed by atoms with Gasteiger partial charge in [0.1, 0.15) is 0 Å². The van der Waals surface area contributed by atoms with E-state index in [2.05, 4.69) is 47.2 Å². The molecule has 0 bridgehead atoms. The SMILES string of the molecule is CC/C=C\C/C=C/CBr. The van der Waals surface area contributed by atoms with Gasteiger partial charge >= 0.3 is 0 Å². The van der Waals surface area contributed by atoms with E-state index >= 15 is 0 Å². The molecule has 0 spiro atoms. The van der Waals surface area contributed by atoms with E-state index in [9.17, 15) is 0 Å². The van der Waals surface area contributed by atoms with Crippen LogP contribution in [0.2, 0.25) is 0 Å². The minimum absolute atomic E-state index is 0.965. The van der Waals surface area contributed by atoms with Crippen molar-refractivity contribution in [3.05, 3.63) is 24.3 Å². The second kappa shape index (κ2) is 7.96. The fourth-order valence-electron chi connectivity index (χ4n) is 0.501. The molecule has 0 aromatic carbocycles. The van der Waals surface area contributed by atoms with Crippen LogP contribution in [0.4, 0.5) is 0 Å². The van der Waals surface area contributed by atoms with Crippen LogP contribution in [0.15, 0.2) is 24.3 Å². The molecule has 9 heavy (non-hydrogen) atoms. The van der Waals surface area contributed by atoms with Crippen LogP contribution in [0, 0.1) is 0 Å². The van der Waals surface area contributed by atoms with Gasteiger partial charge < -0.3 is 0 Å². The third kappa shape index (κ3) is 7.96. The van der Waals surface area contributed by atoms with Crippen LogP contribution in [-0.4, -0.2) is 5.33 Å². The number of rotatable bonds is 4. The first-order chi connectivity index (χ1) is 4.41. The molecule has 0 aliphatic heterocycles. The summed E-state index contributed by atoms with van der Waals surface area (Å²) in [6.45, 7) is 2.14. The zero-order valence-electron chi connectivity index (χ0n) is 5.81. The Morgan fingerprint density at radius 1 is 1.11 bits per heavy atom. The second-order valence-corrected chi connectivity index (χ2v) is 2.39. The summed E-state index contributed by atoms with van der Waals surface area (Å²) in [5.41, 5.74) is 0. The molecule has 1 heteroatoms. The van der Waals surface area contributed by atoms with Crippen molar-refractivity contribution in [2.75, 3.05) is 5.33 Å². The highest BCUT2D eigenvalue weighted by molar-refractivity contribution is 9.09. The molecule has 0 N–H and O–H groups in total. The van der Waals surface area contributed by atoms with Gasteiger partial charge in [-0.05, 0) is 12.8 Å². The van der Waals surface area contributed by atoms with Crippen LogP contribution in [0.3, 0.4) is 0 Å². The highest BCUT2D eigenvalue weighted by atomic mass is 79.9. The highest BCUT2D eigenvalue weighted by Gasteiger charge is 1.68. The molecular formula is C8H13Br. The van der Waals surface area contributed by atoms with E-state index in [0.29, 0.717) is 0 Å². The fraction of sp³-hybridized carbons (Fsp3) is 0.500. The Balaban J connectivity index is 3.08. The number of alkyl halides is 1. The Bertz CT molecular complexity index is 80.7. The molecule has 0 saturated heterocycles. The molecule has 0 unspecified atom stereocenters. The average molecular weight is 189 g/mol. The Hall–Kier alpha value is -0.0400. The monoisotopic (exact) mass is 188 g/mol. The first-order valence-corrected chi connectivity index (χ1v) is 4.40. The van der Waals surface area contributed by atoms with Crippen molar-refractivity contribution in [1.82, 2.24) is 0 Å². The summed E-state index contributed by atoms with van der Waals surface area (Å²) in [5.74, 6) is 0. The van der Waals surface area contributed by atoms with Gasteiger partial charge in [-0.1, -0.05) is 47.2 Å². The number of hydrogen-bond donors (Lipinski definition) is 0. The molecule has 0 heterocycles. The number of allylic oxidation sites excluding steroid dienone is 4. The average Bonchev–Trinajstić information content (AvgIpc) is 1.89. The highest BCUT2D eigenvalue weighted by Crippen LogP contribution is 1.89. The van der Waals surface area contributed by atoms with Gasteiger partial charge in [0.15, 0.2) is 0 Å². The van der Waals surface area contributed by atoms with Gasteiger partial charge in [-0.15, -0.1) is 0 Å². The Kier molecular flexibility index (Phi) is 7.92. The number of halogens is 1. The molecule has 52 valence electrons. The Morgan fingerprint density at radius 3 is 2.33 bits per heavy atom. The lowest BCUT2D eigenvalue weighted by Crippen LogP contribution is -1.60. The van der Waals surface area contributed by atoms with E-state index < -0.39 is 0 Å². The van der Waals surface area contributed by atoms with Crippen LogP contribution in [0.25, 0.3) is 0 Å². The lowest BCUT2D eigenvalue weighted by atomic mass is 10.3. The van der Waals surface area contributed by atoms with Gasteiger partial charge in [-0.3, -0.25) is 0 Å². The normalized spacial score (nSPS) is 11.8. The van der Waals surface area contributed by atoms with E-state index in [1.165, 1.54) is 0 Å². The summed E-state index contributed by atoms with van der Waals surface area (Å²) in [6.07, 6.45) is 10.8. The summed E-state index contributed by atoms with van der Waals surface area (Å²) in [7, 11) is 0. The van der Waals surface area contributed by atoms with Crippen LogP contribution in [0.1, 0.15) is 19.8 Å². The van der Waals surface area contributed by atoms with Gasteiger partial charge in [0, 0.05) is 5.33 Å². The smallest absolute Gasteiger partial charge is 0.0212 e. The summed E-state index contributed by atoms with van der Waals surface area (Å²) in [5, 5.41) is 0.965. The molecule has 0 nitrogen and oxygen atoms in total. The van der Waals surface area contributed by atoms with Gasteiger partial charge in [-0.2, -0.15) is 0 Å². The molecule has 0 aromatic rings. The van der Waals surface area contributed by atoms with Crippen molar-refractivity contribution in [3.63, 3.8) is 0 Å². The summed E-state index contributed by atoms with van der Waals surface area (Å²) in [4.78, 5) is 0. The Labute approximate surface area is 65.8 Å². The van der Waals surface area contributed by atoms with E-state index in [-0.39, 0.29) is 0 Å². The van der Waals surface area contributed by atoms with Crippen LogP contribution in [-0.2, 0) is 0 Å². The van der Waals surface area contributed by atoms with Gasteiger partial charge in [0.2, 0.25) is 0 Å². The van der Waals surface area contributed by atoms with E-state index in [4.69, 9.17) is 0 Å². The van der Waals surface area contributed by atoms with Gasteiger partial charge in [0.05, 0.1) is 0 Å². The predicted octanol–water partition coefficient (Wildman–Crippen LogP) is 3.29. The minimum atomic E-state index is 0.965. The molecule has 0 aliphatic rings. The van der Waals surface area contributed by atoms with Gasteiger partial charge in [-0.25, -0.2) is 0 Å². The minimum Gasteiger partial charge on any atom is -0.0885 e.